The molecule has 184 valence electrons. The van der Waals surface area contributed by atoms with Crippen molar-refractivity contribution < 1.29 is 28.9 Å². The van der Waals surface area contributed by atoms with Crippen LogP contribution in [-0.4, -0.2) is 42.9 Å². The number of phenols is 1. The fourth-order valence-corrected chi connectivity index (χ4v) is 5.03. The molecular formula is C28H31NO6. The minimum Gasteiger partial charge on any atom is -0.504 e. The van der Waals surface area contributed by atoms with Crippen LogP contribution in [-0.2, 0) is 14.3 Å². The Kier molecular flexibility index (Phi) is 6.96. The summed E-state index contributed by atoms with van der Waals surface area (Å²) in [5.74, 6) is -0.771. The molecule has 2 aliphatic rings. The van der Waals surface area contributed by atoms with Gasteiger partial charge in [-0.3, -0.25) is 14.6 Å². The van der Waals surface area contributed by atoms with Gasteiger partial charge in [-0.05, 0) is 68.5 Å². The molecule has 0 saturated carbocycles. The number of nitrogens with zero attached hydrogens (tertiary/aromatic N) is 1. The number of rotatable bonds is 6. The van der Waals surface area contributed by atoms with Crippen LogP contribution < -0.4 is 9.47 Å². The molecule has 4 rings (SSSR count). The van der Waals surface area contributed by atoms with Gasteiger partial charge in [0, 0.05) is 29.3 Å². The van der Waals surface area contributed by atoms with Crippen molar-refractivity contribution in [2.24, 2.45) is 10.9 Å². The van der Waals surface area contributed by atoms with Crippen LogP contribution in [0.25, 0.3) is 0 Å². The highest BCUT2D eigenvalue weighted by Crippen LogP contribution is 2.48. The van der Waals surface area contributed by atoms with E-state index in [1.165, 1.54) is 13.2 Å². The van der Waals surface area contributed by atoms with E-state index in [2.05, 4.69) is 0 Å². The second kappa shape index (κ2) is 9.94. The highest BCUT2D eigenvalue weighted by molar-refractivity contribution is 6.09. The molecule has 1 aliphatic heterocycles. The van der Waals surface area contributed by atoms with Crippen molar-refractivity contribution in [1.29, 1.82) is 0 Å². The number of carbonyl (C=O) groups excluding carboxylic acids is 2. The highest BCUT2D eigenvalue weighted by Gasteiger charge is 2.45. The summed E-state index contributed by atoms with van der Waals surface area (Å²) in [5.41, 5.74) is 3.59. The maximum Gasteiger partial charge on any atom is 0.315 e. The lowest BCUT2D eigenvalue weighted by Crippen LogP contribution is -2.38. The summed E-state index contributed by atoms with van der Waals surface area (Å²) < 4.78 is 16.1. The Morgan fingerprint density at radius 3 is 2.34 bits per heavy atom. The zero-order valence-electron chi connectivity index (χ0n) is 20.7. The molecule has 3 atom stereocenters. The second-order valence-corrected chi connectivity index (χ2v) is 9.29. The van der Waals surface area contributed by atoms with Crippen molar-refractivity contribution in [1.82, 2.24) is 0 Å². The Bertz CT molecular complexity index is 1190. The number of hydrogen-bond donors (Lipinski definition) is 1. The first kappa shape index (κ1) is 24.5. The Balaban J connectivity index is 1.79. The van der Waals surface area contributed by atoms with Crippen LogP contribution >= 0.6 is 0 Å². The van der Waals surface area contributed by atoms with Gasteiger partial charge in [0.1, 0.15) is 11.7 Å². The van der Waals surface area contributed by atoms with Crippen molar-refractivity contribution in [3.05, 3.63) is 64.9 Å². The van der Waals surface area contributed by atoms with Gasteiger partial charge in [-0.15, -0.1) is 0 Å². The van der Waals surface area contributed by atoms with Crippen molar-refractivity contribution in [3.8, 4) is 17.2 Å². The van der Waals surface area contributed by atoms with Gasteiger partial charge < -0.3 is 19.3 Å². The van der Waals surface area contributed by atoms with E-state index < -0.39 is 17.8 Å². The van der Waals surface area contributed by atoms with E-state index in [1.807, 2.05) is 31.2 Å². The van der Waals surface area contributed by atoms with E-state index in [-0.39, 0.29) is 29.3 Å². The van der Waals surface area contributed by atoms with E-state index in [4.69, 9.17) is 19.2 Å². The van der Waals surface area contributed by atoms with Crippen LogP contribution in [0.4, 0.5) is 0 Å². The minimum atomic E-state index is -0.744. The van der Waals surface area contributed by atoms with E-state index in [9.17, 15) is 14.7 Å². The quantitative estimate of drug-likeness (QED) is 0.593. The molecule has 0 bridgehead atoms. The Labute approximate surface area is 205 Å². The topological polar surface area (TPSA) is 94.4 Å². The number of esters is 1. The fourth-order valence-electron chi connectivity index (χ4n) is 5.03. The zero-order valence-corrected chi connectivity index (χ0v) is 20.7. The average Bonchev–Trinajstić information content (AvgIpc) is 2.83. The number of ether oxygens (including phenoxy) is 3. The molecule has 1 N–H and O–H groups in total. The molecule has 35 heavy (non-hydrogen) atoms. The minimum absolute atomic E-state index is 0.0116. The molecule has 7 heteroatoms. The van der Waals surface area contributed by atoms with Gasteiger partial charge in [0.2, 0.25) is 0 Å². The van der Waals surface area contributed by atoms with Gasteiger partial charge in [-0.25, -0.2) is 0 Å². The number of allylic oxidation sites excluding steroid dienone is 2. The van der Waals surface area contributed by atoms with Gasteiger partial charge in [0.15, 0.2) is 17.3 Å². The molecule has 0 radical (unpaired) electrons. The van der Waals surface area contributed by atoms with Crippen molar-refractivity contribution in [2.75, 3.05) is 14.2 Å². The third-order valence-corrected chi connectivity index (χ3v) is 6.64. The number of aliphatic imine (C=N–C) groups is 1. The van der Waals surface area contributed by atoms with E-state index >= 15 is 0 Å². The summed E-state index contributed by atoms with van der Waals surface area (Å²) in [5, 5.41) is 10.1. The van der Waals surface area contributed by atoms with Crippen LogP contribution in [0.5, 0.6) is 17.2 Å². The average molecular weight is 478 g/mol. The van der Waals surface area contributed by atoms with Crippen LogP contribution in [0.1, 0.15) is 56.6 Å². The molecule has 0 amide bonds. The number of Topliss-reactive ketones (excluding diaryl/α,β-unsaturated/α-hetero) is 1. The zero-order chi connectivity index (χ0) is 25.3. The molecule has 2 aromatic carbocycles. The van der Waals surface area contributed by atoms with Gasteiger partial charge in [0.25, 0.3) is 0 Å². The summed E-state index contributed by atoms with van der Waals surface area (Å²) in [6, 6.07) is 12.7. The molecule has 2 aromatic rings. The Morgan fingerprint density at radius 2 is 1.71 bits per heavy atom. The molecule has 1 heterocycles. The molecule has 0 saturated heterocycles. The number of carbonyl (C=O) groups is 2. The van der Waals surface area contributed by atoms with E-state index in [1.54, 1.807) is 33.1 Å². The standard InChI is InChI=1S/C28H31NO6/c1-15(2)35-28(32)25-16(3)29-21-12-19(17-6-9-20(33-4)10-7-17)13-23(31)27(21)26(25)18-8-11-22(30)24(14-18)34-5/h6-11,14-15,19,25-26,30H,12-13H2,1-5H3/t19-,25?,26+/m1/s1. The first-order valence-electron chi connectivity index (χ1n) is 11.8. The first-order valence-corrected chi connectivity index (χ1v) is 11.8. The van der Waals surface area contributed by atoms with Gasteiger partial charge >= 0.3 is 5.97 Å². The lowest BCUT2D eigenvalue weighted by molar-refractivity contribution is -0.150. The number of methoxy groups -OCH3 is 2. The molecular weight excluding hydrogens is 446 g/mol. The number of aromatic hydroxyl groups is 1. The summed E-state index contributed by atoms with van der Waals surface area (Å²) >= 11 is 0. The number of hydrogen-bond acceptors (Lipinski definition) is 7. The van der Waals surface area contributed by atoms with Gasteiger partial charge in [-0.1, -0.05) is 18.2 Å². The van der Waals surface area contributed by atoms with Crippen molar-refractivity contribution in [2.45, 2.75) is 51.6 Å². The number of ketones is 1. The summed E-state index contributed by atoms with van der Waals surface area (Å²) in [6.45, 7) is 5.39. The van der Waals surface area contributed by atoms with Crippen LogP contribution in [0, 0.1) is 5.92 Å². The maximum atomic E-state index is 13.7. The number of phenolic OH excluding ortho intramolecular Hbond substituents is 1. The molecule has 7 nitrogen and oxygen atoms in total. The van der Waals surface area contributed by atoms with E-state index in [0.29, 0.717) is 35.4 Å². The second-order valence-electron chi connectivity index (χ2n) is 9.29. The monoisotopic (exact) mass is 477 g/mol. The van der Waals surface area contributed by atoms with E-state index in [0.717, 1.165) is 11.3 Å². The normalized spacial score (nSPS) is 21.9. The van der Waals surface area contributed by atoms with Gasteiger partial charge in [0.05, 0.1) is 20.3 Å². The first-order chi connectivity index (χ1) is 16.7. The van der Waals surface area contributed by atoms with Crippen LogP contribution in [0.15, 0.2) is 58.7 Å². The summed E-state index contributed by atoms with van der Waals surface area (Å²) in [7, 11) is 3.09. The predicted octanol–water partition coefficient (Wildman–Crippen LogP) is 4.94. The lowest BCUT2D eigenvalue weighted by atomic mass is 9.69. The summed E-state index contributed by atoms with van der Waals surface area (Å²) in [4.78, 5) is 31.7. The van der Waals surface area contributed by atoms with Crippen LogP contribution in [0.3, 0.4) is 0 Å². The smallest absolute Gasteiger partial charge is 0.315 e. The third-order valence-electron chi connectivity index (χ3n) is 6.64. The molecule has 0 aromatic heterocycles. The predicted molar refractivity (Wildman–Crippen MR) is 132 cm³/mol. The molecule has 1 unspecified atom stereocenters. The SMILES string of the molecule is COc1ccc([C@H]2CC(=O)C3=C(C2)N=C(C)C(C(=O)OC(C)C)[C@@H]3c2ccc(O)c(OC)c2)cc1. The highest BCUT2D eigenvalue weighted by atomic mass is 16.5. The Hall–Kier alpha value is -3.61. The summed E-state index contributed by atoms with van der Waals surface area (Å²) in [6.07, 6.45) is 0.599. The maximum absolute atomic E-state index is 13.7. The van der Waals surface area contributed by atoms with Crippen molar-refractivity contribution >= 4 is 17.5 Å². The third kappa shape index (κ3) is 4.81. The molecule has 1 aliphatic carbocycles. The lowest BCUT2D eigenvalue weighted by Gasteiger charge is -2.37. The molecule has 0 fully saturated rings. The van der Waals surface area contributed by atoms with Gasteiger partial charge in [-0.2, -0.15) is 0 Å². The van der Waals surface area contributed by atoms with Crippen molar-refractivity contribution in [3.63, 3.8) is 0 Å². The largest absolute Gasteiger partial charge is 0.504 e. The number of benzene rings is 2. The fraction of sp³-hybridized carbons (Fsp3) is 0.393. The Morgan fingerprint density at radius 1 is 1.03 bits per heavy atom. The van der Waals surface area contributed by atoms with Crippen LogP contribution in [0.2, 0.25) is 0 Å². The molecule has 0 spiro atoms.